The summed E-state index contributed by atoms with van der Waals surface area (Å²) in [6.45, 7) is 3.76. The number of carbonyl (C=O) groups is 1. The third kappa shape index (κ3) is 2.79. The number of hydrogen-bond acceptors (Lipinski definition) is 3. The number of nitrogens with zero attached hydrogens (tertiary/aromatic N) is 1. The van der Waals surface area contributed by atoms with E-state index in [9.17, 15) is 13.2 Å². The molecule has 0 aliphatic carbocycles. The van der Waals surface area contributed by atoms with Crippen LogP contribution in [-0.2, 0) is 14.8 Å². The Kier molecular flexibility index (Phi) is 3.87. The Labute approximate surface area is 89.4 Å². The monoisotopic (exact) mass is 233 g/mol. The van der Waals surface area contributed by atoms with Gasteiger partial charge in [-0.1, -0.05) is 6.08 Å². The quantitative estimate of drug-likeness (QED) is 0.699. The topological polar surface area (TPSA) is 74.7 Å². The van der Waals surface area contributed by atoms with Crippen LogP contribution in [0.15, 0.2) is 12.7 Å². The second-order valence-electron chi connectivity index (χ2n) is 3.50. The van der Waals surface area contributed by atoms with Crippen molar-refractivity contribution < 1.29 is 18.3 Å². The molecule has 0 saturated carbocycles. The summed E-state index contributed by atoms with van der Waals surface area (Å²) in [6, 6.07) is -0.875. The molecule has 1 rings (SSSR count). The summed E-state index contributed by atoms with van der Waals surface area (Å²) in [5, 5.41) is 8.85. The highest BCUT2D eigenvalue weighted by molar-refractivity contribution is 7.89. The van der Waals surface area contributed by atoms with E-state index < -0.39 is 22.0 Å². The molecule has 1 aliphatic heterocycles. The maximum atomic E-state index is 11.7. The van der Waals surface area contributed by atoms with Crippen molar-refractivity contribution in [2.45, 2.75) is 25.3 Å². The molecule has 1 N–H and O–H groups in total. The molecule has 0 aromatic carbocycles. The average molecular weight is 233 g/mol. The first-order valence-corrected chi connectivity index (χ1v) is 6.43. The summed E-state index contributed by atoms with van der Waals surface area (Å²) >= 11 is 0. The lowest BCUT2D eigenvalue weighted by Gasteiger charge is -2.20. The van der Waals surface area contributed by atoms with Crippen LogP contribution in [0.1, 0.15) is 19.3 Å². The van der Waals surface area contributed by atoms with E-state index in [1.807, 2.05) is 0 Å². The van der Waals surface area contributed by atoms with Gasteiger partial charge in [0.2, 0.25) is 10.0 Å². The normalized spacial score (nSPS) is 22.8. The largest absolute Gasteiger partial charge is 0.480 e. The van der Waals surface area contributed by atoms with Crippen LogP contribution in [0.5, 0.6) is 0 Å². The van der Waals surface area contributed by atoms with Crippen molar-refractivity contribution in [3.63, 3.8) is 0 Å². The summed E-state index contributed by atoms with van der Waals surface area (Å²) in [4.78, 5) is 10.8. The summed E-state index contributed by atoms with van der Waals surface area (Å²) in [6.07, 6.45) is 2.89. The highest BCUT2D eigenvalue weighted by Gasteiger charge is 2.37. The van der Waals surface area contributed by atoms with Gasteiger partial charge in [0.15, 0.2) is 0 Å². The van der Waals surface area contributed by atoms with Crippen LogP contribution in [0.25, 0.3) is 0 Å². The van der Waals surface area contributed by atoms with Gasteiger partial charge in [0.05, 0.1) is 5.75 Å². The molecule has 15 heavy (non-hydrogen) atoms. The minimum Gasteiger partial charge on any atom is -0.480 e. The fraction of sp³-hybridized carbons (Fsp3) is 0.667. The zero-order valence-corrected chi connectivity index (χ0v) is 9.24. The molecule has 0 amide bonds. The first-order valence-electron chi connectivity index (χ1n) is 4.82. The summed E-state index contributed by atoms with van der Waals surface area (Å²) in [5.41, 5.74) is 0. The van der Waals surface area contributed by atoms with Gasteiger partial charge in [-0.25, -0.2) is 8.42 Å². The van der Waals surface area contributed by atoms with Crippen LogP contribution in [0.2, 0.25) is 0 Å². The standard InChI is InChI=1S/C9H15NO4S/c1-2-3-7-15(13,14)10-6-4-5-8(10)9(11)12/h2,8H,1,3-7H2,(H,11,12). The number of sulfonamides is 1. The maximum absolute atomic E-state index is 11.7. The van der Waals surface area contributed by atoms with Gasteiger partial charge >= 0.3 is 5.97 Å². The lowest BCUT2D eigenvalue weighted by molar-refractivity contribution is -0.140. The Morgan fingerprint density at radius 2 is 2.27 bits per heavy atom. The highest BCUT2D eigenvalue weighted by Crippen LogP contribution is 2.21. The molecule has 0 radical (unpaired) electrons. The highest BCUT2D eigenvalue weighted by atomic mass is 32.2. The molecule has 1 heterocycles. The minimum atomic E-state index is -3.44. The van der Waals surface area contributed by atoms with E-state index in [1.54, 1.807) is 0 Å². The number of carboxylic acid groups (broad SMARTS) is 1. The molecular weight excluding hydrogens is 218 g/mol. The number of hydrogen-bond donors (Lipinski definition) is 1. The SMILES string of the molecule is C=CCCS(=O)(=O)N1CCCC1C(=O)O. The van der Waals surface area contributed by atoms with Crippen LogP contribution in [0.3, 0.4) is 0 Å². The molecule has 0 aromatic heterocycles. The van der Waals surface area contributed by atoms with Crippen molar-refractivity contribution in [3.05, 3.63) is 12.7 Å². The average Bonchev–Trinajstić information content (AvgIpc) is 2.63. The summed E-state index contributed by atoms with van der Waals surface area (Å²) in [5.74, 6) is -1.12. The number of carboxylic acids is 1. The third-order valence-corrected chi connectivity index (χ3v) is 4.33. The molecule has 1 fully saturated rings. The molecule has 0 spiro atoms. The Bertz CT molecular complexity index is 349. The first kappa shape index (κ1) is 12.2. The van der Waals surface area contributed by atoms with Gasteiger partial charge in [0, 0.05) is 6.54 Å². The number of rotatable bonds is 5. The van der Waals surface area contributed by atoms with Crippen LogP contribution in [-0.4, -0.2) is 42.1 Å². The Morgan fingerprint density at radius 3 is 2.80 bits per heavy atom. The molecule has 5 nitrogen and oxygen atoms in total. The van der Waals surface area contributed by atoms with Crippen molar-refractivity contribution in [2.75, 3.05) is 12.3 Å². The van der Waals surface area contributed by atoms with Gasteiger partial charge in [0.25, 0.3) is 0 Å². The Balaban J connectivity index is 2.77. The van der Waals surface area contributed by atoms with E-state index in [2.05, 4.69) is 6.58 Å². The van der Waals surface area contributed by atoms with Crippen molar-refractivity contribution in [2.24, 2.45) is 0 Å². The molecule has 1 atom stereocenters. The number of aliphatic carboxylic acids is 1. The molecule has 0 aromatic rings. The molecule has 6 heteroatoms. The van der Waals surface area contributed by atoms with Crippen LogP contribution < -0.4 is 0 Å². The van der Waals surface area contributed by atoms with Crippen molar-refractivity contribution in [3.8, 4) is 0 Å². The third-order valence-electron chi connectivity index (χ3n) is 2.43. The lowest BCUT2D eigenvalue weighted by atomic mass is 10.2. The molecular formula is C9H15NO4S. The fourth-order valence-electron chi connectivity index (χ4n) is 1.67. The van der Waals surface area contributed by atoms with E-state index in [0.29, 0.717) is 25.8 Å². The van der Waals surface area contributed by atoms with Gasteiger partial charge in [-0.15, -0.1) is 6.58 Å². The van der Waals surface area contributed by atoms with Crippen molar-refractivity contribution >= 4 is 16.0 Å². The molecule has 0 bridgehead atoms. The van der Waals surface area contributed by atoms with Gasteiger partial charge in [-0.2, -0.15) is 4.31 Å². The predicted molar refractivity (Wildman–Crippen MR) is 56.0 cm³/mol. The first-order chi connectivity index (χ1) is 6.99. The fourth-order valence-corrected chi connectivity index (χ4v) is 3.36. The van der Waals surface area contributed by atoms with E-state index in [-0.39, 0.29) is 5.75 Å². The molecule has 1 saturated heterocycles. The van der Waals surface area contributed by atoms with Crippen molar-refractivity contribution in [1.82, 2.24) is 4.31 Å². The maximum Gasteiger partial charge on any atom is 0.322 e. The van der Waals surface area contributed by atoms with Gasteiger partial charge < -0.3 is 5.11 Å². The van der Waals surface area contributed by atoms with E-state index in [4.69, 9.17) is 5.11 Å². The van der Waals surface area contributed by atoms with Gasteiger partial charge in [-0.3, -0.25) is 4.79 Å². The minimum absolute atomic E-state index is 0.0553. The van der Waals surface area contributed by atoms with E-state index in [1.165, 1.54) is 6.08 Å². The van der Waals surface area contributed by atoms with Crippen LogP contribution in [0.4, 0.5) is 0 Å². The van der Waals surface area contributed by atoms with E-state index >= 15 is 0 Å². The van der Waals surface area contributed by atoms with Crippen molar-refractivity contribution in [1.29, 1.82) is 0 Å². The van der Waals surface area contributed by atoms with Crippen LogP contribution >= 0.6 is 0 Å². The van der Waals surface area contributed by atoms with E-state index in [0.717, 1.165) is 4.31 Å². The Hall–Kier alpha value is -0.880. The summed E-state index contributed by atoms with van der Waals surface area (Å²) < 4.78 is 24.5. The molecule has 1 unspecified atom stereocenters. The zero-order chi connectivity index (χ0) is 11.5. The van der Waals surface area contributed by atoms with Gasteiger partial charge in [-0.05, 0) is 19.3 Å². The lowest BCUT2D eigenvalue weighted by Crippen LogP contribution is -2.41. The molecule has 1 aliphatic rings. The predicted octanol–water partition coefficient (Wildman–Crippen LogP) is 0.441. The van der Waals surface area contributed by atoms with Gasteiger partial charge in [0.1, 0.15) is 6.04 Å². The molecule has 86 valence electrons. The smallest absolute Gasteiger partial charge is 0.322 e. The number of allylic oxidation sites excluding steroid dienone is 1. The second kappa shape index (κ2) is 4.76. The summed E-state index contributed by atoms with van der Waals surface area (Å²) in [7, 11) is -3.44. The van der Waals surface area contributed by atoms with Crippen LogP contribution in [0, 0.1) is 0 Å². The zero-order valence-electron chi connectivity index (χ0n) is 8.42. The Morgan fingerprint density at radius 1 is 1.60 bits per heavy atom. The second-order valence-corrected chi connectivity index (χ2v) is 5.54.